The smallest absolute Gasteiger partial charge is 0.176 e. The minimum absolute atomic E-state index is 0.0127. The van der Waals surface area contributed by atoms with Crippen molar-refractivity contribution in [3.8, 4) is 5.75 Å². The van der Waals surface area contributed by atoms with E-state index in [4.69, 9.17) is 19.9 Å². The third-order valence-electron chi connectivity index (χ3n) is 9.14. The largest absolute Gasteiger partial charge is 0.497 e. The van der Waals surface area contributed by atoms with Crippen LogP contribution in [0.3, 0.4) is 0 Å². The number of ketones is 1. The fourth-order valence-electron chi connectivity index (χ4n) is 7.14. The van der Waals surface area contributed by atoms with Crippen LogP contribution in [0.25, 0.3) is 16.8 Å². The second kappa shape index (κ2) is 9.34. The van der Waals surface area contributed by atoms with Crippen molar-refractivity contribution >= 4 is 22.6 Å². The van der Waals surface area contributed by atoms with Gasteiger partial charge >= 0.3 is 0 Å². The fraction of sp³-hybridized carbons (Fsp3) is 0.344. The molecule has 1 spiro atoms. The predicted molar refractivity (Wildman–Crippen MR) is 148 cm³/mol. The van der Waals surface area contributed by atoms with Gasteiger partial charge in [-0.05, 0) is 57.3 Å². The molecule has 0 bridgehead atoms. The summed E-state index contributed by atoms with van der Waals surface area (Å²) in [6.45, 7) is -0.495. The van der Waals surface area contributed by atoms with E-state index in [2.05, 4.69) is 18.2 Å². The number of carbonyl (C=O) groups is 1. The lowest BCUT2D eigenvalue weighted by Gasteiger charge is -2.42. The van der Waals surface area contributed by atoms with Crippen LogP contribution in [0.2, 0.25) is 0 Å². The average molecular weight is 542 g/mol. The molecule has 2 unspecified atom stereocenters. The van der Waals surface area contributed by atoms with E-state index in [1.54, 1.807) is 13.2 Å². The molecule has 206 valence electrons. The fourth-order valence-corrected chi connectivity index (χ4v) is 7.14. The summed E-state index contributed by atoms with van der Waals surface area (Å²) in [6, 6.07) is 17.1. The number of carbonyl (C=O) groups excluding carboxylic acids is 1. The highest BCUT2D eigenvalue weighted by Crippen LogP contribution is 2.63. The zero-order valence-electron chi connectivity index (χ0n) is 21.9. The molecular weight excluding hydrogens is 510 g/mol. The highest BCUT2D eigenvalue weighted by molar-refractivity contribution is 6.08. The van der Waals surface area contributed by atoms with Gasteiger partial charge in [-0.25, -0.2) is 0 Å². The zero-order valence-corrected chi connectivity index (χ0v) is 21.9. The molecule has 3 aromatic carbocycles. The van der Waals surface area contributed by atoms with Gasteiger partial charge in [-0.1, -0.05) is 54.6 Å². The van der Waals surface area contributed by atoms with Gasteiger partial charge in [0.1, 0.15) is 24.1 Å². The Labute approximate surface area is 231 Å². The number of hydrogen-bond donors (Lipinski definition) is 4. The lowest BCUT2D eigenvalue weighted by atomic mass is 9.63. The van der Waals surface area contributed by atoms with Gasteiger partial charge in [-0.15, -0.1) is 0 Å². The molecule has 3 aliphatic carbocycles. The van der Waals surface area contributed by atoms with Gasteiger partial charge in [0.15, 0.2) is 12.1 Å². The molecule has 0 saturated carbocycles. The van der Waals surface area contributed by atoms with Gasteiger partial charge in [-0.3, -0.25) is 4.79 Å². The first-order valence-electron chi connectivity index (χ1n) is 13.5. The van der Waals surface area contributed by atoms with Gasteiger partial charge < -0.3 is 35.3 Å². The number of fused-ring (bicyclic) bond motifs is 7. The van der Waals surface area contributed by atoms with Gasteiger partial charge in [0.05, 0.1) is 31.3 Å². The van der Waals surface area contributed by atoms with Crippen molar-refractivity contribution in [2.75, 3.05) is 13.7 Å². The van der Waals surface area contributed by atoms with E-state index in [-0.39, 0.29) is 17.6 Å². The van der Waals surface area contributed by atoms with Crippen LogP contribution in [0.4, 0.5) is 0 Å². The van der Waals surface area contributed by atoms with Crippen molar-refractivity contribution in [1.82, 2.24) is 0 Å². The molecule has 40 heavy (non-hydrogen) atoms. The van der Waals surface area contributed by atoms with E-state index in [1.807, 2.05) is 54.6 Å². The van der Waals surface area contributed by atoms with Crippen molar-refractivity contribution in [2.24, 2.45) is 11.7 Å². The van der Waals surface area contributed by atoms with E-state index >= 15 is 0 Å². The molecule has 1 fully saturated rings. The van der Waals surface area contributed by atoms with Crippen molar-refractivity contribution in [3.63, 3.8) is 0 Å². The Morgan fingerprint density at radius 3 is 2.48 bits per heavy atom. The average Bonchev–Trinajstić information content (AvgIpc) is 3.50. The Balaban J connectivity index is 1.38. The Bertz CT molecular complexity index is 1560. The molecule has 1 heterocycles. The molecule has 8 heteroatoms. The minimum atomic E-state index is -1.33. The highest BCUT2D eigenvalue weighted by atomic mass is 16.7. The molecule has 4 aliphatic rings. The van der Waals surface area contributed by atoms with Crippen molar-refractivity contribution in [3.05, 3.63) is 95.1 Å². The topological polar surface area (TPSA) is 131 Å². The number of allylic oxidation sites excluding steroid dienone is 2. The van der Waals surface area contributed by atoms with E-state index in [0.29, 0.717) is 5.75 Å². The van der Waals surface area contributed by atoms with E-state index in [0.717, 1.165) is 33.0 Å². The molecule has 7 rings (SSSR count). The first kappa shape index (κ1) is 25.6. The second-order valence-electron chi connectivity index (χ2n) is 11.1. The monoisotopic (exact) mass is 541 g/mol. The highest BCUT2D eigenvalue weighted by Gasteiger charge is 2.59. The normalized spacial score (nSPS) is 35.7. The van der Waals surface area contributed by atoms with Crippen LogP contribution in [-0.2, 0) is 19.7 Å². The molecule has 8 nitrogen and oxygen atoms in total. The van der Waals surface area contributed by atoms with Crippen LogP contribution in [0.1, 0.15) is 34.3 Å². The lowest BCUT2D eigenvalue weighted by Crippen LogP contribution is -2.62. The predicted octanol–water partition coefficient (Wildman–Crippen LogP) is 2.49. The van der Waals surface area contributed by atoms with Crippen molar-refractivity contribution < 1.29 is 34.3 Å². The number of rotatable bonds is 4. The number of methoxy groups -OCH3 is 1. The first-order chi connectivity index (χ1) is 19.4. The van der Waals surface area contributed by atoms with Crippen LogP contribution in [0.5, 0.6) is 5.75 Å². The number of nitrogens with two attached hydrogens (primary N) is 1. The summed E-state index contributed by atoms with van der Waals surface area (Å²) < 4.78 is 18.0. The number of aliphatic hydroxyl groups is 3. The SMILES string of the molecule is COc1ccc2c(c1)[C@@]1(C=CC3C1c1cc4ccccc4cc1[C@@H]3O[C@H]1O[C@H](CO)[C@H](O)[C@H](O)[C@H]1N)C(=O)C=C2. The minimum Gasteiger partial charge on any atom is -0.497 e. The zero-order chi connectivity index (χ0) is 27.8. The van der Waals surface area contributed by atoms with Crippen LogP contribution < -0.4 is 10.5 Å². The first-order valence-corrected chi connectivity index (χ1v) is 13.5. The van der Waals surface area contributed by atoms with Crippen molar-refractivity contribution in [2.45, 2.75) is 48.1 Å². The number of hydrogen-bond acceptors (Lipinski definition) is 8. The summed E-state index contributed by atoms with van der Waals surface area (Å²) in [7, 11) is 1.61. The number of aliphatic hydroxyl groups excluding tert-OH is 3. The summed E-state index contributed by atoms with van der Waals surface area (Å²) in [5, 5.41) is 32.7. The van der Waals surface area contributed by atoms with Crippen LogP contribution in [0.15, 0.2) is 72.8 Å². The molecule has 1 aliphatic heterocycles. The van der Waals surface area contributed by atoms with E-state index < -0.39 is 48.8 Å². The molecule has 0 aromatic heterocycles. The summed E-state index contributed by atoms with van der Waals surface area (Å²) in [5.74, 6) is 0.145. The number of ether oxygens (including phenoxy) is 3. The molecular formula is C32H31NO7. The Hall–Kier alpha value is -3.37. The maximum Gasteiger partial charge on any atom is 0.176 e. The van der Waals surface area contributed by atoms with Crippen molar-refractivity contribution in [1.29, 1.82) is 0 Å². The standard InChI is InChI=1S/C32H31NO7/c1-38-19-8-6-16-7-9-25(35)32(23(16)14-19)11-10-20-26(32)21-12-17-4-2-3-5-18(17)13-22(21)30(20)40-31-27(33)29(37)28(36)24(15-34)39-31/h2-14,20,24,26-31,34,36-37H,15,33H2,1H3/t20?,24-,26?,27-,28+,29-,30-,31-,32+/m1/s1. The summed E-state index contributed by atoms with van der Waals surface area (Å²) >= 11 is 0. The van der Waals surface area contributed by atoms with E-state index in [9.17, 15) is 20.1 Å². The number of benzene rings is 3. The van der Waals surface area contributed by atoms with Gasteiger partial charge in [-0.2, -0.15) is 0 Å². The summed E-state index contributed by atoms with van der Waals surface area (Å²) in [5.41, 5.74) is 9.07. The van der Waals surface area contributed by atoms with Crippen LogP contribution in [0, 0.1) is 5.92 Å². The molecule has 5 N–H and O–H groups in total. The molecule has 0 amide bonds. The third kappa shape index (κ3) is 3.51. The van der Waals surface area contributed by atoms with Gasteiger partial charge in [0.25, 0.3) is 0 Å². The second-order valence-corrected chi connectivity index (χ2v) is 11.1. The third-order valence-corrected chi connectivity index (χ3v) is 9.14. The van der Waals surface area contributed by atoms with Gasteiger partial charge in [0.2, 0.25) is 0 Å². The summed E-state index contributed by atoms with van der Waals surface area (Å²) in [4.78, 5) is 14.0. The van der Waals surface area contributed by atoms with Crippen LogP contribution >= 0.6 is 0 Å². The summed E-state index contributed by atoms with van der Waals surface area (Å²) in [6.07, 6.45) is 2.21. The Morgan fingerprint density at radius 2 is 1.75 bits per heavy atom. The molecule has 9 atom stereocenters. The van der Waals surface area contributed by atoms with Crippen LogP contribution in [-0.4, -0.2) is 65.5 Å². The molecule has 0 radical (unpaired) electrons. The maximum absolute atomic E-state index is 14.0. The van der Waals surface area contributed by atoms with Gasteiger partial charge in [0, 0.05) is 11.8 Å². The molecule has 3 aromatic rings. The maximum atomic E-state index is 14.0. The quantitative estimate of drug-likeness (QED) is 0.371. The Kier molecular flexibility index (Phi) is 5.98. The molecule has 1 saturated heterocycles. The Morgan fingerprint density at radius 1 is 1.00 bits per heavy atom. The lowest BCUT2D eigenvalue weighted by molar-refractivity contribution is -0.281. The van der Waals surface area contributed by atoms with E-state index in [1.165, 1.54) is 0 Å².